The van der Waals surface area contributed by atoms with Crippen LogP contribution in [-0.4, -0.2) is 27.4 Å². The number of pyridine rings is 1. The van der Waals surface area contributed by atoms with Crippen LogP contribution in [0.5, 0.6) is 0 Å². The number of nitro benzene ring substituents is 1. The molecule has 0 fully saturated rings. The Morgan fingerprint density at radius 1 is 1.44 bits per heavy atom. The van der Waals surface area contributed by atoms with Crippen molar-refractivity contribution < 1.29 is 9.13 Å². The van der Waals surface area contributed by atoms with Gasteiger partial charge in [0.15, 0.2) is 0 Å². The molecule has 0 aliphatic heterocycles. The van der Waals surface area contributed by atoms with E-state index in [4.69, 9.17) is 0 Å². The molecule has 1 heterocycles. The number of nitrogens with zero attached hydrogens (tertiary/aromatic N) is 2. The molecule has 2 aromatic rings. The highest BCUT2D eigenvalue weighted by atomic mass is 32.2. The first-order valence-electron chi connectivity index (χ1n) is 5.13. The number of anilines is 1. The molecule has 0 amide bonds. The number of nitrogens with one attached hydrogen (secondary N) is 1. The topological polar surface area (TPSA) is 85.1 Å². The van der Waals surface area contributed by atoms with Gasteiger partial charge in [0.05, 0.1) is 31.8 Å². The second-order valence-corrected chi connectivity index (χ2v) is 5.01. The lowest BCUT2D eigenvalue weighted by Crippen LogP contribution is -2.00. The van der Waals surface area contributed by atoms with E-state index in [0.29, 0.717) is 21.5 Å². The lowest BCUT2D eigenvalue weighted by Gasteiger charge is -2.09. The Hall–Kier alpha value is -2.02. The Labute approximate surface area is 106 Å². The minimum Gasteiger partial charge on any atom is -0.387 e. The Morgan fingerprint density at radius 2 is 2.17 bits per heavy atom. The van der Waals surface area contributed by atoms with E-state index >= 15 is 0 Å². The number of non-ortho nitro benzene ring substituents is 1. The molecule has 1 aromatic heterocycles. The minimum absolute atomic E-state index is 0.0140. The van der Waals surface area contributed by atoms with Crippen molar-refractivity contribution in [2.75, 3.05) is 18.6 Å². The van der Waals surface area contributed by atoms with Crippen LogP contribution in [0.3, 0.4) is 0 Å². The van der Waals surface area contributed by atoms with E-state index in [1.807, 2.05) is 0 Å². The molecule has 0 aliphatic carbocycles. The molecular weight excluding hydrogens is 254 g/mol. The van der Waals surface area contributed by atoms with Gasteiger partial charge in [-0.25, -0.2) is 0 Å². The summed E-state index contributed by atoms with van der Waals surface area (Å²) in [5, 5.41) is 14.3. The molecule has 0 saturated heterocycles. The quantitative estimate of drug-likeness (QED) is 0.677. The highest BCUT2D eigenvalue weighted by molar-refractivity contribution is 7.84. The van der Waals surface area contributed by atoms with Crippen molar-refractivity contribution in [1.82, 2.24) is 4.98 Å². The first-order valence-corrected chi connectivity index (χ1v) is 6.68. The van der Waals surface area contributed by atoms with Gasteiger partial charge in [0.1, 0.15) is 0 Å². The summed E-state index contributed by atoms with van der Waals surface area (Å²) in [7, 11) is 0.476. The van der Waals surface area contributed by atoms with Crippen molar-refractivity contribution in [2.45, 2.75) is 4.90 Å². The van der Waals surface area contributed by atoms with Crippen LogP contribution in [0.15, 0.2) is 29.3 Å². The van der Waals surface area contributed by atoms with Crippen LogP contribution in [0.1, 0.15) is 0 Å². The standard InChI is InChI=1S/C11H11N3O3S/c1-12-11-8-5-7(14(15)16)3-4-9(8)13-6-10(11)18(2)17/h3-6H,1-2H3,(H,12,13). The zero-order valence-electron chi connectivity index (χ0n) is 9.84. The Kier molecular flexibility index (Phi) is 3.24. The normalized spacial score (nSPS) is 12.3. The number of rotatable bonds is 3. The lowest BCUT2D eigenvalue weighted by atomic mass is 10.1. The molecule has 0 aliphatic rings. The van der Waals surface area contributed by atoms with Gasteiger partial charge in [0.2, 0.25) is 0 Å². The summed E-state index contributed by atoms with van der Waals surface area (Å²) in [6, 6.07) is 4.42. The van der Waals surface area contributed by atoms with E-state index < -0.39 is 15.7 Å². The van der Waals surface area contributed by atoms with Gasteiger partial charge in [-0.15, -0.1) is 0 Å². The average molecular weight is 265 g/mol. The minimum atomic E-state index is -1.21. The highest BCUT2D eigenvalue weighted by Gasteiger charge is 2.14. The molecule has 7 heteroatoms. The van der Waals surface area contributed by atoms with Crippen molar-refractivity contribution in [3.8, 4) is 0 Å². The third-order valence-electron chi connectivity index (χ3n) is 2.59. The third-order valence-corrected chi connectivity index (χ3v) is 3.52. The van der Waals surface area contributed by atoms with Crippen LogP contribution in [0, 0.1) is 10.1 Å². The summed E-state index contributed by atoms with van der Waals surface area (Å²) in [6.07, 6.45) is 3.07. The number of aromatic nitrogens is 1. The first kappa shape index (κ1) is 12.4. The van der Waals surface area contributed by atoms with Gasteiger partial charge in [-0.2, -0.15) is 0 Å². The van der Waals surface area contributed by atoms with E-state index in [1.54, 1.807) is 19.4 Å². The average Bonchev–Trinajstić information content (AvgIpc) is 2.36. The van der Waals surface area contributed by atoms with Gasteiger partial charge >= 0.3 is 0 Å². The Morgan fingerprint density at radius 3 is 2.72 bits per heavy atom. The molecule has 0 radical (unpaired) electrons. The maximum absolute atomic E-state index is 11.6. The fraction of sp³-hybridized carbons (Fsp3) is 0.182. The molecule has 1 N–H and O–H groups in total. The summed E-state index contributed by atoms with van der Waals surface area (Å²) in [4.78, 5) is 15.0. The summed E-state index contributed by atoms with van der Waals surface area (Å²) in [6.45, 7) is 0. The van der Waals surface area contributed by atoms with E-state index in [9.17, 15) is 14.3 Å². The van der Waals surface area contributed by atoms with Gasteiger partial charge in [-0.05, 0) is 6.07 Å². The fourth-order valence-corrected chi connectivity index (χ4v) is 2.45. The predicted molar refractivity (Wildman–Crippen MR) is 70.3 cm³/mol. The monoisotopic (exact) mass is 265 g/mol. The summed E-state index contributed by atoms with van der Waals surface area (Å²) >= 11 is 0. The molecule has 2 rings (SSSR count). The van der Waals surface area contributed by atoms with Crippen LogP contribution < -0.4 is 5.32 Å². The second kappa shape index (κ2) is 4.69. The number of hydrogen-bond acceptors (Lipinski definition) is 5. The SMILES string of the molecule is CNc1c(S(C)=O)cnc2ccc([N+](=O)[O-])cc12. The van der Waals surface area contributed by atoms with E-state index in [0.717, 1.165) is 0 Å². The Balaban J connectivity index is 2.80. The van der Waals surface area contributed by atoms with Crippen molar-refractivity contribution >= 4 is 33.1 Å². The van der Waals surface area contributed by atoms with E-state index in [2.05, 4.69) is 10.3 Å². The maximum atomic E-state index is 11.6. The Bertz CT molecular complexity index is 652. The van der Waals surface area contributed by atoms with Gasteiger partial charge < -0.3 is 5.32 Å². The largest absolute Gasteiger partial charge is 0.387 e. The zero-order chi connectivity index (χ0) is 13.3. The van der Waals surface area contributed by atoms with Crippen molar-refractivity contribution in [3.05, 3.63) is 34.5 Å². The molecular formula is C11H11N3O3S. The zero-order valence-corrected chi connectivity index (χ0v) is 10.7. The van der Waals surface area contributed by atoms with Gasteiger partial charge in [0.25, 0.3) is 5.69 Å². The fourth-order valence-electron chi connectivity index (χ4n) is 1.75. The molecule has 0 saturated carbocycles. The summed E-state index contributed by atoms with van der Waals surface area (Å²) < 4.78 is 11.6. The van der Waals surface area contributed by atoms with Gasteiger partial charge in [0, 0.05) is 37.0 Å². The smallest absolute Gasteiger partial charge is 0.270 e. The van der Waals surface area contributed by atoms with Crippen molar-refractivity contribution in [2.24, 2.45) is 0 Å². The molecule has 1 atom stereocenters. The van der Waals surface area contributed by atoms with Crippen LogP contribution in [-0.2, 0) is 10.8 Å². The number of benzene rings is 1. The van der Waals surface area contributed by atoms with Crippen LogP contribution >= 0.6 is 0 Å². The second-order valence-electron chi connectivity index (χ2n) is 3.66. The molecule has 94 valence electrons. The third kappa shape index (κ3) is 2.04. The molecule has 0 bridgehead atoms. The van der Waals surface area contributed by atoms with Gasteiger partial charge in [-0.1, -0.05) is 0 Å². The number of fused-ring (bicyclic) bond motifs is 1. The van der Waals surface area contributed by atoms with Crippen molar-refractivity contribution in [1.29, 1.82) is 0 Å². The van der Waals surface area contributed by atoms with E-state index in [1.165, 1.54) is 18.3 Å². The number of nitro groups is 1. The lowest BCUT2D eigenvalue weighted by molar-refractivity contribution is -0.384. The summed E-state index contributed by atoms with van der Waals surface area (Å²) in [5.41, 5.74) is 1.23. The first-order chi connectivity index (χ1) is 8.54. The molecule has 1 aromatic carbocycles. The maximum Gasteiger partial charge on any atom is 0.270 e. The molecule has 1 unspecified atom stereocenters. The molecule has 6 nitrogen and oxygen atoms in total. The van der Waals surface area contributed by atoms with Gasteiger partial charge in [-0.3, -0.25) is 19.3 Å². The highest BCUT2D eigenvalue weighted by Crippen LogP contribution is 2.30. The molecule has 0 spiro atoms. The van der Waals surface area contributed by atoms with Crippen LogP contribution in [0.2, 0.25) is 0 Å². The summed E-state index contributed by atoms with van der Waals surface area (Å²) in [5.74, 6) is 0. The van der Waals surface area contributed by atoms with Crippen molar-refractivity contribution in [3.63, 3.8) is 0 Å². The van der Waals surface area contributed by atoms with Crippen LogP contribution in [0.4, 0.5) is 11.4 Å². The molecule has 18 heavy (non-hydrogen) atoms. The van der Waals surface area contributed by atoms with Crippen LogP contribution in [0.25, 0.3) is 10.9 Å². The predicted octanol–water partition coefficient (Wildman–Crippen LogP) is 1.92. The van der Waals surface area contributed by atoms with E-state index in [-0.39, 0.29) is 5.69 Å². The number of hydrogen-bond donors (Lipinski definition) is 1.